The monoisotopic (exact) mass is 168 g/mol. The summed E-state index contributed by atoms with van der Waals surface area (Å²) in [5, 5.41) is 8.81. The van der Waals surface area contributed by atoms with Crippen molar-refractivity contribution in [3.8, 4) is 0 Å². The van der Waals surface area contributed by atoms with Crippen molar-refractivity contribution in [2.45, 2.75) is 19.8 Å². The van der Waals surface area contributed by atoms with Gasteiger partial charge in [-0.05, 0) is 6.92 Å². The van der Waals surface area contributed by atoms with Gasteiger partial charge in [0.1, 0.15) is 5.82 Å². The van der Waals surface area contributed by atoms with Crippen LogP contribution >= 0.6 is 0 Å². The molecular formula is C8H12N2O2. The minimum absolute atomic E-state index is 0.00755. The fourth-order valence-corrected chi connectivity index (χ4v) is 0.922. The molecule has 4 heteroatoms. The van der Waals surface area contributed by atoms with E-state index in [1.54, 1.807) is 13.8 Å². The van der Waals surface area contributed by atoms with E-state index in [-0.39, 0.29) is 18.1 Å². The molecule has 1 rings (SSSR count). The van der Waals surface area contributed by atoms with E-state index in [0.29, 0.717) is 11.5 Å². The molecule has 1 heterocycles. The Bertz CT molecular complexity index is 319. The summed E-state index contributed by atoms with van der Waals surface area (Å²) in [5.74, 6) is 0.431. The molecule has 1 unspecified atom stereocenters. The maximum absolute atomic E-state index is 11.0. The lowest BCUT2D eigenvalue weighted by Gasteiger charge is -2.06. The van der Waals surface area contributed by atoms with Crippen LogP contribution in [-0.2, 0) is 0 Å². The summed E-state index contributed by atoms with van der Waals surface area (Å²) in [6.07, 6.45) is 0. The highest BCUT2D eigenvalue weighted by atomic mass is 16.3. The minimum atomic E-state index is -0.169. The number of rotatable bonds is 2. The Labute approximate surface area is 70.3 Å². The quantitative estimate of drug-likeness (QED) is 0.661. The van der Waals surface area contributed by atoms with E-state index in [2.05, 4.69) is 9.97 Å². The zero-order chi connectivity index (χ0) is 9.14. The molecule has 1 atom stereocenters. The van der Waals surface area contributed by atoms with Gasteiger partial charge in [0.15, 0.2) is 0 Å². The molecule has 0 aromatic carbocycles. The number of nitrogens with one attached hydrogen (secondary N) is 1. The van der Waals surface area contributed by atoms with E-state index < -0.39 is 0 Å². The summed E-state index contributed by atoms with van der Waals surface area (Å²) >= 11 is 0. The molecule has 0 bridgehead atoms. The number of H-pyrrole nitrogens is 1. The SMILES string of the molecule is Cc1cc(=O)[nH]c(C(C)CO)n1. The summed E-state index contributed by atoms with van der Waals surface area (Å²) in [7, 11) is 0. The average Bonchev–Trinajstić information content (AvgIpc) is 2.01. The van der Waals surface area contributed by atoms with Crippen LogP contribution in [0.1, 0.15) is 24.4 Å². The van der Waals surface area contributed by atoms with Crippen LogP contribution in [0.4, 0.5) is 0 Å². The van der Waals surface area contributed by atoms with Gasteiger partial charge in [-0.25, -0.2) is 4.98 Å². The maximum Gasteiger partial charge on any atom is 0.251 e. The Morgan fingerprint density at radius 1 is 1.75 bits per heavy atom. The van der Waals surface area contributed by atoms with Gasteiger partial charge in [0.05, 0.1) is 6.61 Å². The molecule has 2 N–H and O–H groups in total. The van der Waals surface area contributed by atoms with Crippen LogP contribution in [0.15, 0.2) is 10.9 Å². The first-order valence-corrected chi connectivity index (χ1v) is 3.82. The van der Waals surface area contributed by atoms with E-state index in [1.165, 1.54) is 6.07 Å². The molecule has 12 heavy (non-hydrogen) atoms. The van der Waals surface area contributed by atoms with Gasteiger partial charge in [-0.15, -0.1) is 0 Å². The Balaban J connectivity index is 3.08. The second-order valence-corrected chi connectivity index (χ2v) is 2.86. The van der Waals surface area contributed by atoms with Gasteiger partial charge in [-0.3, -0.25) is 4.79 Å². The van der Waals surface area contributed by atoms with Gasteiger partial charge in [0.2, 0.25) is 0 Å². The van der Waals surface area contributed by atoms with Gasteiger partial charge in [0, 0.05) is 17.7 Å². The average molecular weight is 168 g/mol. The van der Waals surface area contributed by atoms with Crippen molar-refractivity contribution in [3.05, 3.63) is 27.9 Å². The summed E-state index contributed by atoms with van der Waals surface area (Å²) in [5.41, 5.74) is 0.506. The Morgan fingerprint density at radius 2 is 2.42 bits per heavy atom. The molecule has 1 aromatic heterocycles. The minimum Gasteiger partial charge on any atom is -0.396 e. The van der Waals surface area contributed by atoms with Crippen molar-refractivity contribution >= 4 is 0 Å². The molecule has 0 saturated carbocycles. The van der Waals surface area contributed by atoms with Crippen LogP contribution in [0.5, 0.6) is 0 Å². The Kier molecular flexibility index (Phi) is 2.60. The molecule has 0 aliphatic heterocycles. The van der Waals surface area contributed by atoms with E-state index in [4.69, 9.17) is 5.11 Å². The standard InChI is InChI=1S/C8H12N2O2/c1-5(4-11)8-9-6(2)3-7(12)10-8/h3,5,11H,4H2,1-2H3,(H,9,10,12). The van der Waals surface area contributed by atoms with Crippen molar-refractivity contribution in [3.63, 3.8) is 0 Å². The van der Waals surface area contributed by atoms with E-state index >= 15 is 0 Å². The first kappa shape index (κ1) is 8.93. The lowest BCUT2D eigenvalue weighted by Crippen LogP contribution is -2.14. The van der Waals surface area contributed by atoms with Gasteiger partial charge in [0.25, 0.3) is 5.56 Å². The van der Waals surface area contributed by atoms with Gasteiger partial charge >= 0.3 is 0 Å². The van der Waals surface area contributed by atoms with Crippen molar-refractivity contribution in [1.29, 1.82) is 0 Å². The number of nitrogens with zero attached hydrogens (tertiary/aromatic N) is 1. The fraction of sp³-hybridized carbons (Fsp3) is 0.500. The van der Waals surface area contributed by atoms with Crippen LogP contribution in [0.2, 0.25) is 0 Å². The topological polar surface area (TPSA) is 66.0 Å². The summed E-state index contributed by atoms with van der Waals surface area (Å²) < 4.78 is 0. The Hall–Kier alpha value is -1.16. The van der Waals surface area contributed by atoms with Crippen LogP contribution in [-0.4, -0.2) is 21.7 Å². The maximum atomic E-state index is 11.0. The molecule has 4 nitrogen and oxygen atoms in total. The number of aliphatic hydroxyl groups is 1. The van der Waals surface area contributed by atoms with Crippen molar-refractivity contribution in [2.75, 3.05) is 6.61 Å². The zero-order valence-corrected chi connectivity index (χ0v) is 7.16. The third kappa shape index (κ3) is 1.92. The third-order valence-corrected chi connectivity index (χ3v) is 1.63. The number of aromatic nitrogens is 2. The first-order valence-electron chi connectivity index (χ1n) is 3.82. The number of aryl methyl sites for hydroxylation is 1. The second kappa shape index (κ2) is 3.49. The largest absolute Gasteiger partial charge is 0.396 e. The predicted octanol–water partition coefficient (Wildman–Crippen LogP) is 0.174. The van der Waals surface area contributed by atoms with Crippen LogP contribution in [0.3, 0.4) is 0 Å². The normalized spacial score (nSPS) is 12.9. The highest BCUT2D eigenvalue weighted by Crippen LogP contribution is 2.06. The number of hydrogen-bond donors (Lipinski definition) is 2. The van der Waals surface area contributed by atoms with Crippen LogP contribution in [0, 0.1) is 6.92 Å². The van der Waals surface area contributed by atoms with E-state index in [1.807, 2.05) is 0 Å². The number of aromatic amines is 1. The summed E-state index contributed by atoms with van der Waals surface area (Å²) in [6, 6.07) is 1.42. The predicted molar refractivity (Wildman–Crippen MR) is 45.1 cm³/mol. The smallest absolute Gasteiger partial charge is 0.251 e. The molecule has 0 radical (unpaired) electrons. The van der Waals surface area contributed by atoms with E-state index in [9.17, 15) is 4.79 Å². The zero-order valence-electron chi connectivity index (χ0n) is 7.16. The summed E-state index contributed by atoms with van der Waals surface area (Å²) in [4.78, 5) is 17.6. The van der Waals surface area contributed by atoms with E-state index in [0.717, 1.165) is 0 Å². The molecule has 0 aliphatic carbocycles. The molecule has 0 saturated heterocycles. The first-order chi connectivity index (χ1) is 5.63. The van der Waals surface area contributed by atoms with Gasteiger partial charge < -0.3 is 10.1 Å². The van der Waals surface area contributed by atoms with Crippen LogP contribution in [0.25, 0.3) is 0 Å². The van der Waals surface area contributed by atoms with Crippen molar-refractivity contribution in [2.24, 2.45) is 0 Å². The lowest BCUT2D eigenvalue weighted by atomic mass is 10.2. The summed E-state index contributed by atoms with van der Waals surface area (Å²) in [6.45, 7) is 3.55. The van der Waals surface area contributed by atoms with Gasteiger partial charge in [-0.2, -0.15) is 0 Å². The van der Waals surface area contributed by atoms with Crippen molar-refractivity contribution < 1.29 is 5.11 Å². The third-order valence-electron chi connectivity index (χ3n) is 1.63. The molecule has 1 aromatic rings. The number of hydrogen-bond acceptors (Lipinski definition) is 3. The molecular weight excluding hydrogens is 156 g/mol. The fourth-order valence-electron chi connectivity index (χ4n) is 0.922. The lowest BCUT2D eigenvalue weighted by molar-refractivity contribution is 0.268. The molecule has 0 spiro atoms. The van der Waals surface area contributed by atoms with Crippen LogP contribution < -0.4 is 5.56 Å². The Morgan fingerprint density at radius 3 is 2.92 bits per heavy atom. The van der Waals surface area contributed by atoms with Gasteiger partial charge in [-0.1, -0.05) is 6.92 Å². The highest BCUT2D eigenvalue weighted by Gasteiger charge is 2.06. The highest BCUT2D eigenvalue weighted by molar-refractivity contribution is 5.03. The molecule has 0 fully saturated rings. The second-order valence-electron chi connectivity index (χ2n) is 2.86. The molecule has 66 valence electrons. The molecule has 0 amide bonds. The molecule has 0 aliphatic rings. The number of aliphatic hydroxyl groups excluding tert-OH is 1. The van der Waals surface area contributed by atoms with Crippen molar-refractivity contribution in [1.82, 2.24) is 9.97 Å².